The largest absolute Gasteiger partial charge is 0.489 e. The van der Waals surface area contributed by atoms with Crippen LogP contribution >= 0.6 is 11.6 Å². The predicted octanol–water partition coefficient (Wildman–Crippen LogP) is 3.73. The molecule has 0 radical (unpaired) electrons. The lowest BCUT2D eigenvalue weighted by Crippen LogP contribution is -2.21. The van der Waals surface area contributed by atoms with Gasteiger partial charge in [-0.1, -0.05) is 18.5 Å². The van der Waals surface area contributed by atoms with Gasteiger partial charge in [-0.3, -0.25) is 4.98 Å². The molecule has 0 amide bonds. The van der Waals surface area contributed by atoms with Crippen LogP contribution < -0.4 is 10.5 Å². The van der Waals surface area contributed by atoms with E-state index in [2.05, 4.69) is 4.98 Å². The molecule has 1 unspecified atom stereocenters. The zero-order chi connectivity index (χ0) is 15.2. The van der Waals surface area contributed by atoms with Gasteiger partial charge in [0.25, 0.3) is 0 Å². The van der Waals surface area contributed by atoms with Gasteiger partial charge in [-0.15, -0.1) is 0 Å². The van der Waals surface area contributed by atoms with Crippen molar-refractivity contribution in [1.29, 1.82) is 0 Å². The maximum atomic E-state index is 13.4. The summed E-state index contributed by atoms with van der Waals surface area (Å²) in [5, 5.41) is 0.548. The van der Waals surface area contributed by atoms with E-state index in [1.165, 1.54) is 12.1 Å². The Labute approximate surface area is 128 Å². The summed E-state index contributed by atoms with van der Waals surface area (Å²) >= 11 is 6.04. The number of nitrogens with two attached hydrogens (primary N) is 1. The van der Waals surface area contributed by atoms with Crippen LogP contribution in [0.1, 0.15) is 24.5 Å². The van der Waals surface area contributed by atoms with Crippen LogP contribution in [0.3, 0.4) is 0 Å². The highest BCUT2D eigenvalue weighted by molar-refractivity contribution is 6.31. The fourth-order valence-corrected chi connectivity index (χ4v) is 2.13. The minimum Gasteiger partial charge on any atom is -0.489 e. The number of pyridine rings is 1. The lowest BCUT2D eigenvalue weighted by Gasteiger charge is -2.15. The molecule has 1 heterocycles. The number of halogens is 2. The Hall–Kier alpha value is -1.65. The minimum atomic E-state index is -0.289. The van der Waals surface area contributed by atoms with Crippen molar-refractivity contribution in [2.75, 3.05) is 0 Å². The third-order valence-electron chi connectivity index (χ3n) is 3.27. The van der Waals surface area contributed by atoms with Crippen LogP contribution in [0.25, 0.3) is 0 Å². The van der Waals surface area contributed by atoms with Crippen molar-refractivity contribution in [2.24, 2.45) is 5.73 Å². The second-order valence-corrected chi connectivity index (χ2v) is 5.29. The van der Waals surface area contributed by atoms with Gasteiger partial charge in [0, 0.05) is 24.0 Å². The van der Waals surface area contributed by atoms with Gasteiger partial charge in [0.05, 0.1) is 5.02 Å². The first-order valence-electron chi connectivity index (χ1n) is 6.85. The van der Waals surface area contributed by atoms with Crippen molar-refractivity contribution in [3.63, 3.8) is 0 Å². The van der Waals surface area contributed by atoms with Crippen molar-refractivity contribution in [1.82, 2.24) is 4.98 Å². The Kier molecular flexibility index (Phi) is 5.53. The maximum Gasteiger partial charge on any atom is 0.123 e. The molecule has 0 saturated heterocycles. The molecule has 21 heavy (non-hydrogen) atoms. The molecule has 0 aliphatic heterocycles. The lowest BCUT2D eigenvalue weighted by molar-refractivity contribution is 0.301. The highest BCUT2D eigenvalue weighted by Crippen LogP contribution is 2.24. The number of hydrogen-bond acceptors (Lipinski definition) is 3. The molecule has 5 heteroatoms. The maximum absolute atomic E-state index is 13.4. The van der Waals surface area contributed by atoms with Crippen LogP contribution in [0.5, 0.6) is 5.75 Å². The number of hydrogen-bond donors (Lipinski definition) is 1. The van der Waals surface area contributed by atoms with E-state index in [1.807, 2.05) is 6.92 Å². The molecule has 3 nitrogen and oxygen atoms in total. The summed E-state index contributed by atoms with van der Waals surface area (Å²) in [5.74, 6) is 0.343. The Balaban J connectivity index is 2.14. The summed E-state index contributed by atoms with van der Waals surface area (Å²) in [6.45, 7) is 2.31. The first kappa shape index (κ1) is 15.7. The van der Waals surface area contributed by atoms with Gasteiger partial charge in [-0.05, 0) is 42.7 Å². The molecule has 112 valence electrons. The quantitative estimate of drug-likeness (QED) is 0.884. The number of nitrogens with zero attached hydrogens (tertiary/aromatic N) is 1. The van der Waals surface area contributed by atoms with E-state index in [4.69, 9.17) is 22.1 Å². The fourth-order valence-electron chi connectivity index (χ4n) is 1.95. The summed E-state index contributed by atoms with van der Waals surface area (Å²) in [5.41, 5.74) is 7.56. The monoisotopic (exact) mass is 308 g/mol. The van der Waals surface area contributed by atoms with Crippen molar-refractivity contribution < 1.29 is 9.13 Å². The summed E-state index contributed by atoms with van der Waals surface area (Å²) in [6, 6.07) is 6.26. The molecule has 0 aliphatic rings. The normalized spacial score (nSPS) is 12.2. The number of ether oxygens (including phenoxy) is 1. The Morgan fingerprint density at radius 2 is 2.14 bits per heavy atom. The van der Waals surface area contributed by atoms with Crippen molar-refractivity contribution in [3.8, 4) is 5.75 Å². The van der Waals surface area contributed by atoms with Crippen molar-refractivity contribution in [3.05, 3.63) is 58.6 Å². The van der Waals surface area contributed by atoms with E-state index in [1.54, 1.807) is 24.5 Å². The third-order valence-corrected chi connectivity index (χ3v) is 3.61. The standard InChI is InChI=1S/C16H18ClFN2O/c1-2-14(19)8-12-7-13(18)3-4-16(12)21-10-11-5-6-20-9-15(11)17/h3-7,9,14H,2,8,10,19H2,1H3. The van der Waals surface area contributed by atoms with E-state index in [0.717, 1.165) is 17.5 Å². The Morgan fingerprint density at radius 3 is 2.86 bits per heavy atom. The van der Waals surface area contributed by atoms with E-state index in [0.29, 0.717) is 23.8 Å². The number of rotatable bonds is 6. The highest BCUT2D eigenvalue weighted by atomic mass is 35.5. The molecule has 1 aromatic carbocycles. The molecule has 0 saturated carbocycles. The highest BCUT2D eigenvalue weighted by Gasteiger charge is 2.10. The fraction of sp³-hybridized carbons (Fsp3) is 0.312. The zero-order valence-corrected chi connectivity index (χ0v) is 12.6. The third kappa shape index (κ3) is 4.41. The van der Waals surface area contributed by atoms with E-state index in [9.17, 15) is 4.39 Å². The molecule has 1 atom stereocenters. The average Bonchev–Trinajstić information content (AvgIpc) is 2.48. The van der Waals surface area contributed by atoms with E-state index in [-0.39, 0.29) is 11.9 Å². The first-order chi connectivity index (χ1) is 10.1. The molecule has 1 aromatic heterocycles. The Morgan fingerprint density at radius 1 is 1.33 bits per heavy atom. The second kappa shape index (κ2) is 7.38. The topological polar surface area (TPSA) is 48.1 Å². The van der Waals surface area contributed by atoms with Crippen molar-refractivity contribution in [2.45, 2.75) is 32.4 Å². The van der Waals surface area contributed by atoms with E-state index < -0.39 is 0 Å². The number of aromatic nitrogens is 1. The first-order valence-corrected chi connectivity index (χ1v) is 7.23. The average molecular weight is 309 g/mol. The summed E-state index contributed by atoms with van der Waals surface area (Å²) in [4.78, 5) is 3.93. The molecule has 0 fully saturated rings. The summed E-state index contributed by atoms with van der Waals surface area (Å²) < 4.78 is 19.2. The molecule has 2 rings (SSSR count). The minimum absolute atomic E-state index is 0.0151. The van der Waals surface area contributed by atoms with Crippen LogP contribution in [-0.4, -0.2) is 11.0 Å². The zero-order valence-electron chi connectivity index (χ0n) is 11.9. The molecule has 2 aromatic rings. The lowest BCUT2D eigenvalue weighted by atomic mass is 10.0. The van der Waals surface area contributed by atoms with Crippen LogP contribution in [0, 0.1) is 5.82 Å². The molecule has 0 spiro atoms. The number of benzene rings is 1. The van der Waals surface area contributed by atoms with Gasteiger partial charge in [0.1, 0.15) is 18.2 Å². The van der Waals surface area contributed by atoms with Crippen LogP contribution in [-0.2, 0) is 13.0 Å². The van der Waals surface area contributed by atoms with Crippen LogP contribution in [0.2, 0.25) is 5.02 Å². The van der Waals surface area contributed by atoms with E-state index >= 15 is 0 Å². The summed E-state index contributed by atoms with van der Waals surface area (Å²) in [6.07, 6.45) is 4.63. The smallest absolute Gasteiger partial charge is 0.123 e. The molecular formula is C16H18ClFN2O. The van der Waals surface area contributed by atoms with Gasteiger partial charge in [-0.2, -0.15) is 0 Å². The van der Waals surface area contributed by atoms with Gasteiger partial charge in [0.15, 0.2) is 0 Å². The van der Waals surface area contributed by atoms with Crippen molar-refractivity contribution >= 4 is 11.6 Å². The van der Waals surface area contributed by atoms with Gasteiger partial charge in [0.2, 0.25) is 0 Å². The summed E-state index contributed by atoms with van der Waals surface area (Å²) in [7, 11) is 0. The van der Waals surface area contributed by atoms with Crippen LogP contribution in [0.15, 0.2) is 36.7 Å². The van der Waals surface area contributed by atoms with Gasteiger partial charge < -0.3 is 10.5 Å². The van der Waals surface area contributed by atoms with Gasteiger partial charge in [-0.25, -0.2) is 4.39 Å². The van der Waals surface area contributed by atoms with Crippen LogP contribution in [0.4, 0.5) is 4.39 Å². The SMILES string of the molecule is CCC(N)Cc1cc(F)ccc1OCc1ccncc1Cl. The molecule has 2 N–H and O–H groups in total. The molecular weight excluding hydrogens is 291 g/mol. The molecule has 0 bridgehead atoms. The predicted molar refractivity (Wildman–Crippen MR) is 81.9 cm³/mol. The van der Waals surface area contributed by atoms with Gasteiger partial charge >= 0.3 is 0 Å². The Bertz CT molecular complexity index is 607. The molecule has 0 aliphatic carbocycles. The second-order valence-electron chi connectivity index (χ2n) is 4.88.